The van der Waals surface area contributed by atoms with Crippen LogP contribution in [0.15, 0.2) is 60.9 Å². The molecule has 27 heavy (non-hydrogen) atoms. The summed E-state index contributed by atoms with van der Waals surface area (Å²) >= 11 is 0. The molecule has 7 nitrogen and oxygen atoms in total. The molecule has 0 aliphatic carbocycles. The van der Waals surface area contributed by atoms with Gasteiger partial charge in [-0.1, -0.05) is 18.2 Å². The lowest BCUT2D eigenvalue weighted by Crippen LogP contribution is -2.40. The van der Waals surface area contributed by atoms with E-state index in [0.29, 0.717) is 0 Å². The van der Waals surface area contributed by atoms with E-state index in [2.05, 4.69) is 25.6 Å². The van der Waals surface area contributed by atoms with Crippen LogP contribution < -0.4 is 15.5 Å². The van der Waals surface area contributed by atoms with Crippen molar-refractivity contribution in [3.05, 3.63) is 66.6 Å². The van der Waals surface area contributed by atoms with E-state index in [-0.39, 0.29) is 12.1 Å². The molecular weight excluding hydrogens is 340 g/mol. The first-order valence-corrected chi connectivity index (χ1v) is 9.04. The van der Waals surface area contributed by atoms with Crippen molar-refractivity contribution in [1.29, 1.82) is 0 Å². The highest BCUT2D eigenvalue weighted by Crippen LogP contribution is 2.20. The van der Waals surface area contributed by atoms with Gasteiger partial charge in [0.25, 0.3) is 0 Å². The molecule has 3 aromatic rings. The van der Waals surface area contributed by atoms with Crippen molar-refractivity contribution in [2.75, 3.05) is 23.3 Å². The summed E-state index contributed by atoms with van der Waals surface area (Å²) in [5.74, 6) is 0.946. The number of para-hydroxylation sites is 2. The van der Waals surface area contributed by atoms with Crippen LogP contribution in [0.2, 0.25) is 0 Å². The molecule has 0 radical (unpaired) electrons. The summed E-state index contributed by atoms with van der Waals surface area (Å²) in [6.45, 7) is 3.57. The number of amides is 2. The summed E-state index contributed by atoms with van der Waals surface area (Å²) in [5, 5.41) is 10.4. The average Bonchev–Trinajstić information content (AvgIpc) is 3.32. The molecule has 1 aliphatic heterocycles. The molecule has 0 unspecified atom stereocenters. The Morgan fingerprint density at radius 3 is 2.78 bits per heavy atom. The number of benzene rings is 1. The molecule has 1 atom stereocenters. The van der Waals surface area contributed by atoms with Crippen LogP contribution in [-0.2, 0) is 0 Å². The van der Waals surface area contributed by atoms with Crippen molar-refractivity contribution in [2.24, 2.45) is 0 Å². The molecule has 1 aliphatic rings. The lowest BCUT2D eigenvalue weighted by atomic mass is 10.2. The third kappa shape index (κ3) is 3.92. The van der Waals surface area contributed by atoms with Crippen molar-refractivity contribution in [3.63, 3.8) is 0 Å². The monoisotopic (exact) mass is 362 g/mol. The lowest BCUT2D eigenvalue weighted by Gasteiger charge is -2.18. The van der Waals surface area contributed by atoms with Gasteiger partial charge in [-0.2, -0.15) is 5.10 Å². The number of carbonyl (C=O) groups excluding carboxylic acids is 1. The first-order valence-electron chi connectivity index (χ1n) is 9.04. The first kappa shape index (κ1) is 17.1. The zero-order chi connectivity index (χ0) is 18.6. The van der Waals surface area contributed by atoms with Crippen molar-refractivity contribution in [2.45, 2.75) is 19.4 Å². The number of hydrogen-bond donors (Lipinski definition) is 2. The van der Waals surface area contributed by atoms with E-state index in [1.165, 1.54) is 0 Å². The van der Waals surface area contributed by atoms with Crippen molar-refractivity contribution >= 4 is 17.5 Å². The molecule has 3 heterocycles. The minimum atomic E-state index is -0.209. The summed E-state index contributed by atoms with van der Waals surface area (Å²) in [6, 6.07) is 15.3. The molecule has 1 aromatic carbocycles. The van der Waals surface area contributed by atoms with Crippen LogP contribution in [0.1, 0.15) is 12.1 Å². The molecule has 7 heteroatoms. The number of hydrogen-bond acceptors (Lipinski definition) is 4. The van der Waals surface area contributed by atoms with Crippen LogP contribution in [0, 0.1) is 6.92 Å². The maximum Gasteiger partial charge on any atom is 0.319 e. The molecule has 2 aromatic heterocycles. The van der Waals surface area contributed by atoms with E-state index in [1.807, 2.05) is 61.7 Å². The summed E-state index contributed by atoms with van der Waals surface area (Å²) in [4.78, 5) is 19.1. The third-order valence-electron chi connectivity index (χ3n) is 4.62. The lowest BCUT2D eigenvalue weighted by molar-refractivity contribution is 0.249. The Bertz CT molecular complexity index is 923. The van der Waals surface area contributed by atoms with E-state index in [1.54, 1.807) is 10.9 Å². The molecule has 138 valence electrons. The molecule has 0 spiro atoms. The molecule has 1 saturated heterocycles. The molecular formula is C20H22N6O. The second-order valence-corrected chi connectivity index (χ2v) is 6.64. The Morgan fingerprint density at radius 1 is 1.15 bits per heavy atom. The van der Waals surface area contributed by atoms with E-state index in [4.69, 9.17) is 0 Å². The van der Waals surface area contributed by atoms with Gasteiger partial charge in [-0.05, 0) is 43.7 Å². The molecule has 4 rings (SSSR count). The number of carbonyl (C=O) groups is 1. The molecule has 2 N–H and O–H groups in total. The summed E-state index contributed by atoms with van der Waals surface area (Å²) in [7, 11) is 0. The van der Waals surface area contributed by atoms with E-state index >= 15 is 0 Å². The summed E-state index contributed by atoms with van der Waals surface area (Å²) in [5.41, 5.74) is 2.48. The van der Waals surface area contributed by atoms with Gasteiger partial charge in [0.1, 0.15) is 5.82 Å². The van der Waals surface area contributed by atoms with Gasteiger partial charge in [0.2, 0.25) is 0 Å². The largest absolute Gasteiger partial charge is 0.354 e. The zero-order valence-corrected chi connectivity index (χ0v) is 15.2. The predicted octanol–water partition coefficient (Wildman–Crippen LogP) is 2.98. The second-order valence-electron chi connectivity index (χ2n) is 6.64. The maximum absolute atomic E-state index is 12.5. The second kappa shape index (κ2) is 7.49. The fraction of sp³-hybridized carbons (Fsp3) is 0.250. The van der Waals surface area contributed by atoms with Gasteiger partial charge >= 0.3 is 6.03 Å². The predicted molar refractivity (Wildman–Crippen MR) is 105 cm³/mol. The standard InChI is InChI=1S/C20H22N6O/c1-15-9-13-26(24-15)18-7-3-2-6-17(18)23-20(27)22-16-10-12-25(14-16)19-8-4-5-11-21-19/h2-9,11,13,16H,10,12,14H2,1H3,(H2,22,23,27)/t16-/m0/s1. The molecule has 1 fully saturated rings. The van der Waals surface area contributed by atoms with Crippen LogP contribution in [-0.4, -0.2) is 39.9 Å². The number of nitrogens with zero attached hydrogens (tertiary/aromatic N) is 4. The summed E-state index contributed by atoms with van der Waals surface area (Å²) in [6.07, 6.45) is 4.57. The third-order valence-corrected chi connectivity index (χ3v) is 4.62. The fourth-order valence-corrected chi connectivity index (χ4v) is 3.30. The smallest absolute Gasteiger partial charge is 0.319 e. The highest BCUT2D eigenvalue weighted by atomic mass is 16.2. The Hall–Kier alpha value is -3.35. The van der Waals surface area contributed by atoms with E-state index in [9.17, 15) is 4.79 Å². The Kier molecular flexibility index (Phi) is 4.74. The van der Waals surface area contributed by atoms with Gasteiger partial charge in [0.05, 0.1) is 17.1 Å². The Morgan fingerprint density at radius 2 is 2.00 bits per heavy atom. The van der Waals surface area contributed by atoms with Gasteiger partial charge in [0.15, 0.2) is 0 Å². The van der Waals surface area contributed by atoms with Crippen molar-refractivity contribution in [1.82, 2.24) is 20.1 Å². The van der Waals surface area contributed by atoms with Gasteiger partial charge < -0.3 is 15.5 Å². The van der Waals surface area contributed by atoms with Crippen LogP contribution in [0.4, 0.5) is 16.3 Å². The highest BCUT2D eigenvalue weighted by Gasteiger charge is 2.24. The average molecular weight is 362 g/mol. The number of rotatable bonds is 4. The van der Waals surface area contributed by atoms with Crippen molar-refractivity contribution < 1.29 is 4.79 Å². The van der Waals surface area contributed by atoms with Crippen LogP contribution in [0.25, 0.3) is 5.69 Å². The minimum absolute atomic E-state index is 0.0890. The van der Waals surface area contributed by atoms with Crippen LogP contribution >= 0.6 is 0 Å². The van der Waals surface area contributed by atoms with Gasteiger partial charge in [-0.3, -0.25) is 0 Å². The van der Waals surface area contributed by atoms with Gasteiger partial charge in [0, 0.05) is 31.5 Å². The Balaban J connectivity index is 1.39. The number of anilines is 2. The quantitative estimate of drug-likeness (QED) is 0.748. The van der Waals surface area contributed by atoms with E-state index in [0.717, 1.165) is 42.4 Å². The minimum Gasteiger partial charge on any atom is -0.354 e. The number of aryl methyl sites for hydroxylation is 1. The van der Waals surface area contributed by atoms with E-state index < -0.39 is 0 Å². The molecule has 0 bridgehead atoms. The number of nitrogens with one attached hydrogen (secondary N) is 2. The topological polar surface area (TPSA) is 75.1 Å². The fourth-order valence-electron chi connectivity index (χ4n) is 3.30. The summed E-state index contributed by atoms with van der Waals surface area (Å²) < 4.78 is 1.77. The molecule has 0 saturated carbocycles. The maximum atomic E-state index is 12.5. The highest BCUT2D eigenvalue weighted by molar-refractivity contribution is 5.91. The van der Waals surface area contributed by atoms with Crippen molar-refractivity contribution in [3.8, 4) is 5.69 Å². The number of urea groups is 1. The SMILES string of the molecule is Cc1ccn(-c2ccccc2NC(=O)N[C@H]2CCN(c3ccccn3)C2)n1. The van der Waals surface area contributed by atoms with Crippen LogP contribution in [0.5, 0.6) is 0 Å². The van der Waals surface area contributed by atoms with Gasteiger partial charge in [-0.15, -0.1) is 0 Å². The molecule has 2 amide bonds. The Labute approximate surface area is 158 Å². The number of aromatic nitrogens is 3. The zero-order valence-electron chi connectivity index (χ0n) is 15.2. The normalized spacial score (nSPS) is 16.3. The van der Waals surface area contributed by atoms with Crippen LogP contribution in [0.3, 0.4) is 0 Å². The first-order chi connectivity index (χ1) is 13.2. The van der Waals surface area contributed by atoms with Gasteiger partial charge in [-0.25, -0.2) is 14.5 Å². The number of pyridine rings is 1.